The van der Waals surface area contributed by atoms with Crippen LogP contribution >= 0.6 is 0 Å². The zero-order valence-electron chi connectivity index (χ0n) is 16.3. The van der Waals surface area contributed by atoms with Crippen LogP contribution in [-0.4, -0.2) is 33.4 Å². The van der Waals surface area contributed by atoms with Gasteiger partial charge >= 0.3 is 0 Å². The minimum atomic E-state index is -0.722. The fourth-order valence-electron chi connectivity index (χ4n) is 3.09. The molecule has 154 valence electrons. The van der Waals surface area contributed by atoms with Gasteiger partial charge in [-0.2, -0.15) is 0 Å². The Hall–Kier alpha value is -4.33. The number of carbonyl (C=O) groups is 1. The fraction of sp³-hybridized carbons (Fsp3) is 0.0870. The van der Waals surface area contributed by atoms with Crippen molar-refractivity contribution in [3.8, 4) is 28.9 Å². The second-order valence-corrected chi connectivity index (χ2v) is 6.80. The maximum atomic E-state index is 12.5. The number of hydrogen-bond acceptors (Lipinski definition) is 6. The van der Waals surface area contributed by atoms with Crippen molar-refractivity contribution in [3.63, 3.8) is 0 Å². The molecule has 0 spiro atoms. The van der Waals surface area contributed by atoms with Gasteiger partial charge in [-0.05, 0) is 54.6 Å². The van der Waals surface area contributed by atoms with Crippen LogP contribution in [0.3, 0.4) is 0 Å². The van der Waals surface area contributed by atoms with Gasteiger partial charge in [-0.15, -0.1) is 10.2 Å². The molecule has 1 unspecified atom stereocenters. The Morgan fingerprint density at radius 1 is 0.935 bits per heavy atom. The summed E-state index contributed by atoms with van der Waals surface area (Å²) in [7, 11) is 0. The van der Waals surface area contributed by atoms with E-state index < -0.39 is 6.10 Å². The number of rotatable bonds is 5. The first-order valence-corrected chi connectivity index (χ1v) is 9.69. The lowest BCUT2D eigenvalue weighted by atomic mass is 10.2. The Morgan fingerprint density at radius 2 is 1.71 bits per heavy atom. The molecule has 8 heteroatoms. The van der Waals surface area contributed by atoms with Gasteiger partial charge in [-0.1, -0.05) is 12.1 Å². The Bertz CT molecular complexity index is 1180. The third-order valence-electron chi connectivity index (χ3n) is 4.64. The third kappa shape index (κ3) is 4.18. The smallest absolute Gasteiger partial charge is 0.269 e. The molecule has 1 N–H and O–H groups in total. The maximum Gasteiger partial charge on any atom is 0.269 e. The van der Waals surface area contributed by atoms with Crippen LogP contribution in [-0.2, 0) is 4.79 Å². The van der Waals surface area contributed by atoms with Gasteiger partial charge in [0.1, 0.15) is 12.4 Å². The molecule has 0 radical (unpaired) electrons. The summed E-state index contributed by atoms with van der Waals surface area (Å²) >= 11 is 0. The van der Waals surface area contributed by atoms with Gasteiger partial charge in [-0.3, -0.25) is 4.79 Å². The normalized spacial score (nSPS) is 14.6. The van der Waals surface area contributed by atoms with Crippen molar-refractivity contribution in [1.29, 1.82) is 0 Å². The molecule has 0 aliphatic carbocycles. The topological polar surface area (TPSA) is 87.5 Å². The molecule has 0 saturated carbocycles. The molecule has 2 aromatic heterocycles. The summed E-state index contributed by atoms with van der Waals surface area (Å²) in [5.74, 6) is 2.56. The lowest BCUT2D eigenvalue weighted by molar-refractivity contribution is -0.125. The van der Waals surface area contributed by atoms with E-state index in [-0.39, 0.29) is 12.5 Å². The Labute approximate surface area is 178 Å². The first-order chi connectivity index (χ1) is 15.2. The molecule has 0 fully saturated rings. The number of carbonyl (C=O) groups excluding carboxylic acids is 1. The molecule has 2 aromatic carbocycles. The Balaban J connectivity index is 1.19. The number of fused-ring (bicyclic) bond motifs is 1. The molecule has 0 bridgehead atoms. The molecular formula is C23H18N4O4. The summed E-state index contributed by atoms with van der Waals surface area (Å²) in [5.41, 5.74) is 0.619. The van der Waals surface area contributed by atoms with Crippen LogP contribution in [0, 0.1) is 0 Å². The second kappa shape index (κ2) is 8.19. The number of nitrogens with one attached hydrogen (secondary N) is 1. The predicted octanol–water partition coefficient (Wildman–Crippen LogP) is 3.84. The molecule has 3 heterocycles. The highest BCUT2D eigenvalue weighted by Crippen LogP contribution is 2.31. The number of benzene rings is 2. The van der Waals surface area contributed by atoms with Crippen molar-refractivity contribution in [1.82, 2.24) is 14.8 Å². The molecule has 8 nitrogen and oxygen atoms in total. The highest BCUT2D eigenvalue weighted by atomic mass is 16.6. The lowest BCUT2D eigenvalue weighted by Gasteiger charge is -2.25. The average molecular weight is 414 g/mol. The van der Waals surface area contributed by atoms with Gasteiger partial charge in [0.25, 0.3) is 5.91 Å². The van der Waals surface area contributed by atoms with E-state index in [1.165, 1.54) is 0 Å². The lowest BCUT2D eigenvalue weighted by Crippen LogP contribution is -2.40. The van der Waals surface area contributed by atoms with Crippen LogP contribution in [0.25, 0.3) is 5.82 Å². The van der Waals surface area contributed by atoms with E-state index in [1.54, 1.807) is 42.5 Å². The average Bonchev–Trinajstić information content (AvgIpc) is 3.35. The van der Waals surface area contributed by atoms with Gasteiger partial charge in [0.2, 0.25) is 12.0 Å². The van der Waals surface area contributed by atoms with E-state index in [0.717, 1.165) is 0 Å². The number of hydrogen-bond donors (Lipinski definition) is 1. The van der Waals surface area contributed by atoms with E-state index in [1.807, 2.05) is 47.3 Å². The number of nitrogens with zero attached hydrogens (tertiary/aromatic N) is 3. The number of aromatic nitrogens is 3. The largest absolute Gasteiger partial charge is 0.485 e. The summed E-state index contributed by atoms with van der Waals surface area (Å²) in [6.07, 6.45) is 3.06. The zero-order chi connectivity index (χ0) is 21.0. The monoisotopic (exact) mass is 414 g/mol. The van der Waals surface area contributed by atoms with Gasteiger partial charge in [0.05, 0.1) is 0 Å². The number of amides is 1. The molecule has 1 atom stereocenters. The Kier molecular flexibility index (Phi) is 4.94. The first kappa shape index (κ1) is 18.7. The predicted molar refractivity (Wildman–Crippen MR) is 113 cm³/mol. The van der Waals surface area contributed by atoms with Crippen LogP contribution in [0.1, 0.15) is 0 Å². The van der Waals surface area contributed by atoms with Gasteiger partial charge in [0.15, 0.2) is 17.3 Å². The van der Waals surface area contributed by atoms with Crippen molar-refractivity contribution >= 4 is 11.6 Å². The molecule has 0 saturated heterocycles. The summed E-state index contributed by atoms with van der Waals surface area (Å²) in [6, 6.07) is 21.6. The van der Waals surface area contributed by atoms with Crippen LogP contribution in [0.2, 0.25) is 0 Å². The highest BCUT2D eigenvalue weighted by Gasteiger charge is 2.27. The van der Waals surface area contributed by atoms with Gasteiger partial charge in [-0.25, -0.2) is 0 Å². The molecule has 4 aromatic rings. The van der Waals surface area contributed by atoms with Crippen LogP contribution in [0.5, 0.6) is 23.1 Å². The van der Waals surface area contributed by atoms with Crippen molar-refractivity contribution < 1.29 is 19.0 Å². The minimum absolute atomic E-state index is 0.154. The first-order valence-electron chi connectivity index (χ1n) is 9.69. The molecule has 1 amide bonds. The second-order valence-electron chi connectivity index (χ2n) is 6.80. The number of para-hydroxylation sites is 2. The summed E-state index contributed by atoms with van der Waals surface area (Å²) in [5, 5.41) is 11.1. The molecular weight excluding hydrogens is 396 g/mol. The SMILES string of the molecule is O=C(Nc1ccc(Oc2ccc(-n3cccc3)nn2)cc1)C1COc2ccccc2O1. The van der Waals surface area contributed by atoms with Gasteiger partial charge in [0, 0.05) is 24.1 Å². The van der Waals surface area contributed by atoms with Crippen molar-refractivity contribution in [2.24, 2.45) is 0 Å². The minimum Gasteiger partial charge on any atom is -0.485 e. The number of ether oxygens (including phenoxy) is 3. The molecule has 1 aliphatic rings. The van der Waals surface area contributed by atoms with E-state index in [9.17, 15) is 4.79 Å². The summed E-state index contributed by atoms with van der Waals surface area (Å²) in [4.78, 5) is 12.5. The number of anilines is 1. The molecule has 31 heavy (non-hydrogen) atoms. The van der Waals surface area contributed by atoms with E-state index in [2.05, 4.69) is 15.5 Å². The van der Waals surface area contributed by atoms with Gasteiger partial charge < -0.3 is 24.1 Å². The van der Waals surface area contributed by atoms with Crippen LogP contribution in [0.15, 0.2) is 85.2 Å². The van der Waals surface area contributed by atoms with Crippen molar-refractivity contribution in [3.05, 3.63) is 85.2 Å². The van der Waals surface area contributed by atoms with E-state index >= 15 is 0 Å². The maximum absolute atomic E-state index is 12.5. The fourth-order valence-corrected chi connectivity index (χ4v) is 3.09. The van der Waals surface area contributed by atoms with E-state index in [0.29, 0.717) is 34.6 Å². The molecule has 1 aliphatic heterocycles. The quantitative estimate of drug-likeness (QED) is 0.534. The Morgan fingerprint density at radius 3 is 2.45 bits per heavy atom. The highest BCUT2D eigenvalue weighted by molar-refractivity contribution is 5.94. The van der Waals surface area contributed by atoms with E-state index in [4.69, 9.17) is 14.2 Å². The zero-order valence-corrected chi connectivity index (χ0v) is 16.3. The third-order valence-corrected chi connectivity index (χ3v) is 4.64. The van der Waals surface area contributed by atoms with Crippen molar-refractivity contribution in [2.45, 2.75) is 6.10 Å². The van der Waals surface area contributed by atoms with Crippen LogP contribution in [0.4, 0.5) is 5.69 Å². The summed E-state index contributed by atoms with van der Waals surface area (Å²) < 4.78 is 18.9. The molecule has 5 rings (SSSR count). The standard InChI is InChI=1S/C23H18N4O4/c28-23(20-15-29-18-5-1-2-6-19(18)31-20)24-16-7-9-17(10-8-16)30-22-12-11-21(25-26-22)27-13-3-4-14-27/h1-14,20H,15H2,(H,24,28). The van der Waals surface area contributed by atoms with Crippen LogP contribution < -0.4 is 19.5 Å². The van der Waals surface area contributed by atoms with Crippen molar-refractivity contribution in [2.75, 3.05) is 11.9 Å². The summed E-state index contributed by atoms with van der Waals surface area (Å²) in [6.45, 7) is 0.154.